The third-order valence-electron chi connectivity index (χ3n) is 8.33. The molecule has 4 aromatic rings. The van der Waals surface area contributed by atoms with Gasteiger partial charge in [0.1, 0.15) is 18.1 Å². The average molecular weight is 635 g/mol. The number of nitrogens with zero attached hydrogens (tertiary/aromatic N) is 1. The lowest BCUT2D eigenvalue weighted by atomic mass is 9.86. The molecule has 0 heterocycles. The number of hydrogen-bond acceptors (Lipinski definition) is 4. The minimum atomic E-state index is -1.00. The first-order valence-electron chi connectivity index (χ1n) is 16.8. The van der Waals surface area contributed by atoms with Crippen molar-refractivity contribution in [2.24, 2.45) is 0 Å². The van der Waals surface area contributed by atoms with Crippen LogP contribution in [0.2, 0.25) is 0 Å². The standard InChI is InChI=1S/C41H50N2O4/c1-31(2)43(32(3)4)27-25-38(36-16-9-6-10-17-36)39-29-34(20-23-40(39)47-30-35-14-7-5-8-15-35)13-11-12-28-46-37-21-18-33(19-22-37)24-26-42-41(44)45/h5-11,13-23,29,31-32,38,42H,12,24-28,30H2,1-4H3,(H,44,45)/b13-11+/t38-/m1/s1. The van der Waals surface area contributed by atoms with Crippen LogP contribution in [0.15, 0.2) is 109 Å². The molecule has 6 heteroatoms. The van der Waals surface area contributed by atoms with Crippen LogP contribution in [0.25, 0.3) is 6.08 Å². The summed E-state index contributed by atoms with van der Waals surface area (Å²) in [6, 6.07) is 36.5. The van der Waals surface area contributed by atoms with Gasteiger partial charge in [0.2, 0.25) is 0 Å². The first-order chi connectivity index (χ1) is 22.8. The minimum absolute atomic E-state index is 0.182. The van der Waals surface area contributed by atoms with Crippen LogP contribution in [0.4, 0.5) is 4.79 Å². The Kier molecular flexibility index (Phi) is 13.9. The summed E-state index contributed by atoms with van der Waals surface area (Å²) < 4.78 is 12.5. The van der Waals surface area contributed by atoms with Crippen LogP contribution in [-0.2, 0) is 13.0 Å². The zero-order valence-corrected chi connectivity index (χ0v) is 28.3. The van der Waals surface area contributed by atoms with E-state index in [4.69, 9.17) is 14.6 Å². The molecule has 0 spiro atoms. The number of nitrogens with one attached hydrogen (secondary N) is 1. The number of rotatable bonds is 18. The van der Waals surface area contributed by atoms with Crippen molar-refractivity contribution in [3.8, 4) is 11.5 Å². The molecular formula is C41H50N2O4. The molecule has 0 aromatic heterocycles. The number of carbonyl (C=O) groups is 1. The van der Waals surface area contributed by atoms with E-state index < -0.39 is 6.09 Å². The molecule has 0 fully saturated rings. The largest absolute Gasteiger partial charge is 0.493 e. The normalized spacial score (nSPS) is 12.1. The summed E-state index contributed by atoms with van der Waals surface area (Å²) in [6.45, 7) is 11.6. The summed E-state index contributed by atoms with van der Waals surface area (Å²) in [4.78, 5) is 13.2. The van der Waals surface area contributed by atoms with E-state index in [9.17, 15) is 4.79 Å². The highest BCUT2D eigenvalue weighted by molar-refractivity contribution is 5.64. The number of carboxylic acid groups (broad SMARTS) is 1. The second-order valence-electron chi connectivity index (χ2n) is 12.4. The maximum absolute atomic E-state index is 10.6. The Morgan fingerprint density at radius 3 is 2.17 bits per heavy atom. The number of ether oxygens (including phenoxy) is 2. The first-order valence-corrected chi connectivity index (χ1v) is 16.8. The third-order valence-corrected chi connectivity index (χ3v) is 8.33. The Balaban J connectivity index is 1.49. The third kappa shape index (κ3) is 11.6. The first kappa shape index (κ1) is 35.3. The molecule has 0 aliphatic heterocycles. The van der Waals surface area contributed by atoms with Gasteiger partial charge in [-0.05, 0) is 100 Å². The topological polar surface area (TPSA) is 71.0 Å². The lowest BCUT2D eigenvalue weighted by molar-refractivity contribution is 0.170. The van der Waals surface area contributed by atoms with Crippen LogP contribution in [0.5, 0.6) is 11.5 Å². The van der Waals surface area contributed by atoms with Gasteiger partial charge in [0.05, 0.1) is 6.61 Å². The van der Waals surface area contributed by atoms with Gasteiger partial charge in [-0.25, -0.2) is 4.79 Å². The van der Waals surface area contributed by atoms with Crippen molar-refractivity contribution in [3.63, 3.8) is 0 Å². The summed E-state index contributed by atoms with van der Waals surface area (Å²) in [5.74, 6) is 1.91. The molecule has 6 nitrogen and oxygen atoms in total. The van der Waals surface area contributed by atoms with Crippen LogP contribution in [0, 0.1) is 0 Å². The molecule has 0 saturated carbocycles. The molecule has 0 bridgehead atoms. The van der Waals surface area contributed by atoms with E-state index in [2.05, 4.69) is 111 Å². The average Bonchev–Trinajstić information content (AvgIpc) is 3.07. The Bertz CT molecular complexity index is 1510. The van der Waals surface area contributed by atoms with Crippen LogP contribution >= 0.6 is 0 Å². The molecule has 1 amide bonds. The second-order valence-corrected chi connectivity index (χ2v) is 12.4. The van der Waals surface area contributed by atoms with E-state index >= 15 is 0 Å². The predicted octanol–water partition coefficient (Wildman–Crippen LogP) is 9.20. The summed E-state index contributed by atoms with van der Waals surface area (Å²) in [6.07, 6.45) is 5.72. The highest BCUT2D eigenvalue weighted by Gasteiger charge is 2.22. The molecule has 47 heavy (non-hydrogen) atoms. The van der Waals surface area contributed by atoms with Crippen molar-refractivity contribution >= 4 is 12.2 Å². The van der Waals surface area contributed by atoms with E-state index in [1.54, 1.807) is 0 Å². The highest BCUT2D eigenvalue weighted by Crippen LogP contribution is 2.36. The second kappa shape index (κ2) is 18.6. The Hall–Kier alpha value is -4.55. The van der Waals surface area contributed by atoms with Gasteiger partial charge in [0, 0.05) is 30.1 Å². The van der Waals surface area contributed by atoms with Crippen molar-refractivity contribution < 1.29 is 19.4 Å². The highest BCUT2D eigenvalue weighted by atomic mass is 16.5. The van der Waals surface area contributed by atoms with Gasteiger partial charge in [-0.2, -0.15) is 0 Å². The SMILES string of the molecule is CC(C)N(CC[C@H](c1ccccc1)c1cc(/C=C/CCOc2ccc(CCNC(=O)O)cc2)ccc1OCc1ccccc1)C(C)C. The molecule has 0 radical (unpaired) electrons. The van der Waals surface area contributed by atoms with Gasteiger partial charge >= 0.3 is 6.09 Å². The summed E-state index contributed by atoms with van der Waals surface area (Å²) in [7, 11) is 0. The lowest BCUT2D eigenvalue weighted by Gasteiger charge is -2.32. The number of hydrogen-bond donors (Lipinski definition) is 2. The fourth-order valence-electron chi connectivity index (χ4n) is 5.92. The quantitative estimate of drug-likeness (QED) is 0.107. The molecule has 4 rings (SSSR count). The van der Waals surface area contributed by atoms with Crippen LogP contribution in [0.1, 0.15) is 74.3 Å². The van der Waals surface area contributed by atoms with Crippen molar-refractivity contribution in [2.45, 2.75) is 71.6 Å². The Morgan fingerprint density at radius 2 is 1.51 bits per heavy atom. The van der Waals surface area contributed by atoms with E-state index in [1.807, 2.05) is 42.5 Å². The van der Waals surface area contributed by atoms with Crippen molar-refractivity contribution in [1.82, 2.24) is 10.2 Å². The molecule has 248 valence electrons. The van der Waals surface area contributed by atoms with Crippen LogP contribution < -0.4 is 14.8 Å². The summed E-state index contributed by atoms with van der Waals surface area (Å²) >= 11 is 0. The number of amides is 1. The predicted molar refractivity (Wildman–Crippen MR) is 192 cm³/mol. The van der Waals surface area contributed by atoms with Gasteiger partial charge < -0.3 is 19.9 Å². The molecule has 4 aromatic carbocycles. The molecule has 0 aliphatic carbocycles. The molecule has 1 atom stereocenters. The Labute approximate surface area is 281 Å². The van der Waals surface area contributed by atoms with Crippen molar-refractivity contribution in [3.05, 3.63) is 137 Å². The van der Waals surface area contributed by atoms with Crippen molar-refractivity contribution in [2.75, 3.05) is 19.7 Å². The molecular weight excluding hydrogens is 584 g/mol. The summed E-state index contributed by atoms with van der Waals surface area (Å²) in [5.41, 5.74) is 5.85. The van der Waals surface area contributed by atoms with E-state index in [0.29, 0.717) is 38.3 Å². The van der Waals surface area contributed by atoms with Crippen molar-refractivity contribution in [1.29, 1.82) is 0 Å². The fourth-order valence-corrected chi connectivity index (χ4v) is 5.92. The van der Waals surface area contributed by atoms with Gasteiger partial charge in [-0.1, -0.05) is 91.0 Å². The van der Waals surface area contributed by atoms with E-state index in [1.165, 1.54) is 11.1 Å². The van der Waals surface area contributed by atoms with Crippen LogP contribution in [0.3, 0.4) is 0 Å². The van der Waals surface area contributed by atoms with Gasteiger partial charge in [-0.3, -0.25) is 4.90 Å². The van der Waals surface area contributed by atoms with E-state index in [-0.39, 0.29) is 5.92 Å². The zero-order valence-electron chi connectivity index (χ0n) is 28.3. The maximum atomic E-state index is 10.6. The van der Waals surface area contributed by atoms with Gasteiger partial charge in [-0.15, -0.1) is 0 Å². The van der Waals surface area contributed by atoms with Gasteiger partial charge in [0.25, 0.3) is 0 Å². The minimum Gasteiger partial charge on any atom is -0.493 e. The van der Waals surface area contributed by atoms with Crippen LogP contribution in [-0.4, -0.2) is 47.9 Å². The smallest absolute Gasteiger partial charge is 0.404 e. The molecule has 2 N–H and O–H groups in total. The summed E-state index contributed by atoms with van der Waals surface area (Å²) in [5, 5.41) is 11.1. The monoisotopic (exact) mass is 634 g/mol. The van der Waals surface area contributed by atoms with E-state index in [0.717, 1.165) is 47.6 Å². The molecule has 0 unspecified atom stereocenters. The maximum Gasteiger partial charge on any atom is 0.404 e. The zero-order chi connectivity index (χ0) is 33.4. The fraction of sp³-hybridized carbons (Fsp3) is 0.341. The van der Waals surface area contributed by atoms with Gasteiger partial charge in [0.15, 0.2) is 0 Å². The lowest BCUT2D eigenvalue weighted by Crippen LogP contribution is -2.38. The molecule has 0 saturated heterocycles. The Morgan fingerprint density at radius 1 is 0.830 bits per heavy atom. The number of benzene rings is 4. The molecule has 0 aliphatic rings.